The Bertz CT molecular complexity index is 1600. The molecule has 6 rings (SSSR count). The van der Waals surface area contributed by atoms with E-state index in [9.17, 15) is 18.4 Å². The number of aromatic nitrogens is 3. The van der Waals surface area contributed by atoms with Crippen molar-refractivity contribution in [2.75, 3.05) is 50.0 Å². The quantitative estimate of drug-likeness (QED) is 0.364. The number of hydrogen-bond donors (Lipinski definition) is 2. The molecule has 1 aromatic carbocycles. The molecule has 0 saturated carbocycles. The van der Waals surface area contributed by atoms with E-state index < -0.39 is 28.8 Å². The molecule has 1 atom stereocenters. The number of pyridine rings is 1. The van der Waals surface area contributed by atoms with Gasteiger partial charge in [-0.3, -0.25) is 4.90 Å². The van der Waals surface area contributed by atoms with Crippen LogP contribution >= 0.6 is 11.6 Å². The van der Waals surface area contributed by atoms with E-state index in [0.29, 0.717) is 32.1 Å². The zero-order chi connectivity index (χ0) is 30.5. The summed E-state index contributed by atoms with van der Waals surface area (Å²) in [5, 5.41) is 12.5. The van der Waals surface area contributed by atoms with E-state index in [4.69, 9.17) is 22.1 Å². The lowest BCUT2D eigenvalue weighted by Crippen LogP contribution is -2.51. The van der Waals surface area contributed by atoms with Gasteiger partial charge in [0.1, 0.15) is 23.8 Å². The molecule has 2 aromatic heterocycles. The molecule has 0 aliphatic carbocycles. The summed E-state index contributed by atoms with van der Waals surface area (Å²) in [6.45, 7) is 4.94. The van der Waals surface area contributed by atoms with Crippen molar-refractivity contribution in [1.29, 1.82) is 5.26 Å². The van der Waals surface area contributed by atoms with E-state index in [-0.39, 0.29) is 51.3 Å². The molecular formula is C29H31ClF4N8O. The summed E-state index contributed by atoms with van der Waals surface area (Å²) in [7, 11) is 0. The number of aryl methyl sites for hydroxylation is 1. The number of hydrogen-bond acceptors (Lipinski definition) is 9. The summed E-state index contributed by atoms with van der Waals surface area (Å²) in [5.74, 6) is -0.953. The number of anilines is 2. The maximum absolute atomic E-state index is 16.6. The SMILES string of the molecule is Cc1cc(N)nc(-c2c(Cl)cc3c(N4CCN[C@@H](CC#N)C4)nc(OCC45CCCN4CCC5)nc3c2F)c1C(F)(F)F. The normalized spacial score (nSPS) is 20.4. The van der Waals surface area contributed by atoms with Gasteiger partial charge in [0.05, 0.1) is 39.9 Å². The van der Waals surface area contributed by atoms with Crippen LogP contribution in [0.4, 0.5) is 29.2 Å². The summed E-state index contributed by atoms with van der Waals surface area (Å²) in [4.78, 5) is 17.3. The van der Waals surface area contributed by atoms with E-state index in [0.717, 1.165) is 44.8 Å². The van der Waals surface area contributed by atoms with Gasteiger partial charge in [-0.05, 0) is 63.4 Å². The van der Waals surface area contributed by atoms with Gasteiger partial charge in [-0.1, -0.05) is 11.6 Å². The smallest absolute Gasteiger partial charge is 0.418 e. The molecule has 3 saturated heterocycles. The van der Waals surface area contributed by atoms with Gasteiger partial charge in [0, 0.05) is 31.1 Å². The highest BCUT2D eigenvalue weighted by Crippen LogP contribution is 2.45. The van der Waals surface area contributed by atoms with Crippen LogP contribution in [0.1, 0.15) is 43.2 Å². The van der Waals surface area contributed by atoms with Crippen LogP contribution in [0.15, 0.2) is 12.1 Å². The Morgan fingerprint density at radius 3 is 2.63 bits per heavy atom. The first-order valence-electron chi connectivity index (χ1n) is 14.3. The molecule has 0 amide bonds. The molecule has 14 heteroatoms. The fourth-order valence-corrected chi connectivity index (χ4v) is 7.13. The number of nitrogens with two attached hydrogens (primary N) is 1. The summed E-state index contributed by atoms with van der Waals surface area (Å²) in [5.41, 5.74) is 2.84. The third-order valence-electron chi connectivity index (χ3n) is 8.77. The van der Waals surface area contributed by atoms with Gasteiger partial charge >= 0.3 is 12.2 Å². The summed E-state index contributed by atoms with van der Waals surface area (Å²) in [6, 6.07) is 4.37. The topological polar surface area (TPSA) is 116 Å². The van der Waals surface area contributed by atoms with E-state index >= 15 is 4.39 Å². The summed E-state index contributed by atoms with van der Waals surface area (Å²) >= 11 is 6.55. The molecule has 0 radical (unpaired) electrons. The molecule has 0 unspecified atom stereocenters. The van der Waals surface area contributed by atoms with Crippen LogP contribution in [0.5, 0.6) is 6.01 Å². The first-order valence-corrected chi connectivity index (χ1v) is 14.7. The van der Waals surface area contributed by atoms with E-state index in [2.05, 4.69) is 31.2 Å². The predicted molar refractivity (Wildman–Crippen MR) is 154 cm³/mol. The number of nitrogens with zero attached hydrogens (tertiary/aromatic N) is 6. The number of nitriles is 1. The fourth-order valence-electron chi connectivity index (χ4n) is 6.84. The molecule has 3 fully saturated rings. The van der Waals surface area contributed by atoms with Crippen molar-refractivity contribution < 1.29 is 22.3 Å². The lowest BCUT2D eigenvalue weighted by atomic mass is 9.95. The number of fused-ring (bicyclic) bond motifs is 2. The molecule has 3 aromatic rings. The number of ether oxygens (including phenoxy) is 1. The monoisotopic (exact) mass is 618 g/mol. The van der Waals surface area contributed by atoms with E-state index in [1.165, 1.54) is 13.0 Å². The molecule has 0 bridgehead atoms. The molecule has 3 aliphatic rings. The van der Waals surface area contributed by atoms with Crippen molar-refractivity contribution >= 4 is 34.1 Å². The Kier molecular flexibility index (Phi) is 7.73. The molecule has 3 aliphatic heterocycles. The summed E-state index contributed by atoms with van der Waals surface area (Å²) < 4.78 is 65.3. The van der Waals surface area contributed by atoms with Crippen LogP contribution < -0.4 is 20.7 Å². The second-order valence-electron chi connectivity index (χ2n) is 11.5. The molecule has 5 heterocycles. The Labute approximate surface area is 251 Å². The van der Waals surface area contributed by atoms with Gasteiger partial charge < -0.3 is 20.7 Å². The van der Waals surface area contributed by atoms with E-state index in [1.807, 2.05) is 4.90 Å². The van der Waals surface area contributed by atoms with Crippen LogP contribution in [0.3, 0.4) is 0 Å². The molecule has 3 N–H and O–H groups in total. The standard InChI is InChI=1S/C29H31ClF4N8O/c1-16-12-20(36)38-25(22(16)29(32,33)34)21-19(30)13-18-24(23(21)31)39-27(43-15-28-5-2-9-42(28)10-3-6-28)40-26(18)41-11-8-37-17(14-41)4-7-35/h12-13,17,37H,2-6,8-11,14-15H2,1H3,(H2,36,38)/t17-/m0/s1. The lowest BCUT2D eigenvalue weighted by molar-refractivity contribution is -0.137. The first kappa shape index (κ1) is 29.6. The average Bonchev–Trinajstić information content (AvgIpc) is 3.52. The number of halogens is 5. The fraction of sp³-hybridized carbons (Fsp3) is 0.517. The predicted octanol–water partition coefficient (Wildman–Crippen LogP) is 5.09. The number of alkyl halides is 3. The van der Waals surface area contributed by atoms with Gasteiger partial charge in [-0.15, -0.1) is 0 Å². The molecule has 9 nitrogen and oxygen atoms in total. The largest absolute Gasteiger partial charge is 0.461 e. The molecule has 43 heavy (non-hydrogen) atoms. The minimum absolute atomic E-state index is 0.0778. The highest BCUT2D eigenvalue weighted by molar-refractivity contribution is 6.34. The molecular weight excluding hydrogens is 588 g/mol. The lowest BCUT2D eigenvalue weighted by Gasteiger charge is -2.34. The highest BCUT2D eigenvalue weighted by atomic mass is 35.5. The van der Waals surface area contributed by atoms with Crippen molar-refractivity contribution in [3.8, 4) is 23.3 Å². The number of rotatable bonds is 6. The van der Waals surface area contributed by atoms with Crippen molar-refractivity contribution in [2.45, 2.75) is 56.8 Å². The zero-order valence-corrected chi connectivity index (χ0v) is 24.3. The Morgan fingerprint density at radius 2 is 1.93 bits per heavy atom. The van der Waals surface area contributed by atoms with Crippen molar-refractivity contribution in [3.63, 3.8) is 0 Å². The van der Waals surface area contributed by atoms with Gasteiger partial charge in [0.15, 0.2) is 5.82 Å². The van der Waals surface area contributed by atoms with Gasteiger partial charge in [-0.25, -0.2) is 9.37 Å². The van der Waals surface area contributed by atoms with Crippen LogP contribution in [0, 0.1) is 24.1 Å². The number of benzene rings is 1. The molecule has 0 spiro atoms. The zero-order valence-electron chi connectivity index (χ0n) is 23.6. The van der Waals surface area contributed by atoms with E-state index in [1.54, 1.807) is 0 Å². The van der Waals surface area contributed by atoms with Gasteiger partial charge in [0.25, 0.3) is 0 Å². The second kappa shape index (κ2) is 11.2. The molecule has 228 valence electrons. The third kappa shape index (κ3) is 5.41. The van der Waals surface area contributed by atoms with Crippen LogP contribution in [-0.4, -0.2) is 70.8 Å². The Hall–Kier alpha value is -3.47. The van der Waals surface area contributed by atoms with Gasteiger partial charge in [-0.2, -0.15) is 28.4 Å². The maximum atomic E-state index is 16.6. The number of nitrogens with one attached hydrogen (secondary N) is 1. The van der Waals surface area contributed by atoms with Crippen molar-refractivity contribution in [3.05, 3.63) is 34.1 Å². The van der Waals surface area contributed by atoms with Crippen LogP contribution in [0.25, 0.3) is 22.2 Å². The van der Waals surface area contributed by atoms with Crippen LogP contribution in [0.2, 0.25) is 5.02 Å². The Balaban J connectivity index is 1.51. The number of piperazine rings is 1. The third-order valence-corrected chi connectivity index (χ3v) is 9.07. The minimum atomic E-state index is -4.85. The van der Waals surface area contributed by atoms with Crippen molar-refractivity contribution in [1.82, 2.24) is 25.2 Å². The minimum Gasteiger partial charge on any atom is -0.461 e. The van der Waals surface area contributed by atoms with Gasteiger partial charge in [0.2, 0.25) is 0 Å². The first-order chi connectivity index (χ1) is 20.5. The Morgan fingerprint density at radius 1 is 1.19 bits per heavy atom. The second-order valence-corrected chi connectivity index (χ2v) is 11.9. The van der Waals surface area contributed by atoms with Crippen molar-refractivity contribution in [2.24, 2.45) is 0 Å². The maximum Gasteiger partial charge on any atom is 0.418 e. The highest BCUT2D eigenvalue weighted by Gasteiger charge is 2.45. The number of nitrogen functional groups attached to an aromatic ring is 1. The van der Waals surface area contributed by atoms with Crippen LogP contribution in [-0.2, 0) is 6.18 Å². The summed E-state index contributed by atoms with van der Waals surface area (Å²) in [6.07, 6.45) is -0.551. The average molecular weight is 619 g/mol.